The molecule has 0 saturated carbocycles. The molecule has 0 aliphatic carbocycles. The lowest BCUT2D eigenvalue weighted by Crippen LogP contribution is -2.46. The van der Waals surface area contributed by atoms with E-state index in [1.807, 2.05) is 38.3 Å². The minimum atomic E-state index is -1.31. The summed E-state index contributed by atoms with van der Waals surface area (Å²) in [5, 5.41) is 1.97. The van der Waals surface area contributed by atoms with Gasteiger partial charge in [-0.05, 0) is 16.9 Å². The Kier molecular flexibility index (Phi) is 3.32. The number of thiophene rings is 1. The molecule has 0 amide bonds. The van der Waals surface area contributed by atoms with Crippen LogP contribution in [0.3, 0.4) is 0 Å². The van der Waals surface area contributed by atoms with Crippen molar-refractivity contribution in [1.29, 1.82) is 0 Å². The number of halogens is 1. The maximum atomic E-state index is 14.5. The fourth-order valence-corrected chi connectivity index (χ4v) is 2.13. The van der Waals surface area contributed by atoms with E-state index in [4.69, 9.17) is 5.73 Å². The topological polar surface area (TPSA) is 26.0 Å². The molecule has 1 heterocycles. The molecule has 80 valence electrons. The maximum absolute atomic E-state index is 14.5. The predicted octanol–water partition coefficient (Wildman–Crippen LogP) is 3.00. The number of hydrogen-bond acceptors (Lipinski definition) is 2. The van der Waals surface area contributed by atoms with Crippen LogP contribution < -0.4 is 5.73 Å². The van der Waals surface area contributed by atoms with E-state index < -0.39 is 11.1 Å². The molecular weight excluding hydrogens is 197 g/mol. The van der Waals surface area contributed by atoms with Crippen molar-refractivity contribution in [3.8, 4) is 0 Å². The van der Waals surface area contributed by atoms with Crippen molar-refractivity contribution in [3.05, 3.63) is 22.4 Å². The van der Waals surface area contributed by atoms with Gasteiger partial charge in [0, 0.05) is 17.8 Å². The van der Waals surface area contributed by atoms with Gasteiger partial charge in [0.15, 0.2) is 0 Å². The predicted molar refractivity (Wildman–Crippen MR) is 60.4 cm³/mol. The molecule has 2 N–H and O–H groups in total. The van der Waals surface area contributed by atoms with E-state index in [-0.39, 0.29) is 6.54 Å². The molecule has 14 heavy (non-hydrogen) atoms. The van der Waals surface area contributed by atoms with E-state index in [0.29, 0.717) is 6.42 Å². The number of hydrogen-bond donors (Lipinski definition) is 1. The zero-order valence-corrected chi connectivity index (χ0v) is 9.83. The van der Waals surface area contributed by atoms with Crippen molar-refractivity contribution in [2.45, 2.75) is 32.9 Å². The first-order valence-electron chi connectivity index (χ1n) is 4.80. The van der Waals surface area contributed by atoms with Crippen LogP contribution in [0.2, 0.25) is 0 Å². The first kappa shape index (κ1) is 11.7. The molecule has 0 fully saturated rings. The van der Waals surface area contributed by atoms with Gasteiger partial charge in [0.05, 0.1) is 0 Å². The van der Waals surface area contributed by atoms with Crippen LogP contribution in [0, 0.1) is 5.41 Å². The van der Waals surface area contributed by atoms with Crippen LogP contribution in [-0.2, 0) is 6.42 Å². The second-order valence-corrected chi connectivity index (χ2v) is 5.71. The van der Waals surface area contributed by atoms with Gasteiger partial charge < -0.3 is 5.73 Å². The van der Waals surface area contributed by atoms with Gasteiger partial charge in [-0.2, -0.15) is 0 Å². The minimum Gasteiger partial charge on any atom is -0.327 e. The van der Waals surface area contributed by atoms with Crippen LogP contribution in [0.5, 0.6) is 0 Å². The lowest BCUT2D eigenvalue weighted by molar-refractivity contribution is 0.0390. The summed E-state index contributed by atoms with van der Waals surface area (Å²) in [7, 11) is 0. The molecule has 0 saturated heterocycles. The summed E-state index contributed by atoms with van der Waals surface area (Å²) in [5.41, 5.74) is 3.82. The van der Waals surface area contributed by atoms with Crippen molar-refractivity contribution in [3.63, 3.8) is 0 Å². The van der Waals surface area contributed by atoms with E-state index in [0.717, 1.165) is 4.88 Å². The highest BCUT2D eigenvalue weighted by molar-refractivity contribution is 7.09. The summed E-state index contributed by atoms with van der Waals surface area (Å²) in [6.07, 6.45) is 0.421. The Morgan fingerprint density at radius 2 is 2.07 bits per heavy atom. The molecular formula is C11H18FNS. The molecule has 1 atom stereocenters. The molecule has 0 bridgehead atoms. The standard InChI is InChI=1S/C11H18FNS/c1-10(2,3)11(12,8-13)7-9-5-4-6-14-9/h4-6H,7-8,13H2,1-3H3. The van der Waals surface area contributed by atoms with E-state index in [1.54, 1.807) is 11.3 Å². The van der Waals surface area contributed by atoms with Gasteiger partial charge in [0.1, 0.15) is 5.67 Å². The summed E-state index contributed by atoms with van der Waals surface area (Å²) in [4.78, 5) is 1.06. The van der Waals surface area contributed by atoms with Gasteiger partial charge in [-0.25, -0.2) is 4.39 Å². The number of rotatable bonds is 3. The van der Waals surface area contributed by atoms with Gasteiger partial charge in [-0.1, -0.05) is 26.8 Å². The summed E-state index contributed by atoms with van der Waals surface area (Å²) in [5.74, 6) is 0. The summed E-state index contributed by atoms with van der Waals surface area (Å²) >= 11 is 1.59. The fraction of sp³-hybridized carbons (Fsp3) is 0.636. The van der Waals surface area contributed by atoms with Crippen molar-refractivity contribution in [2.24, 2.45) is 11.1 Å². The van der Waals surface area contributed by atoms with Crippen LogP contribution in [-0.4, -0.2) is 12.2 Å². The van der Waals surface area contributed by atoms with Crippen LogP contribution in [0.25, 0.3) is 0 Å². The van der Waals surface area contributed by atoms with Crippen molar-refractivity contribution >= 4 is 11.3 Å². The lowest BCUT2D eigenvalue weighted by Gasteiger charge is -2.36. The smallest absolute Gasteiger partial charge is 0.132 e. The minimum absolute atomic E-state index is 0.0778. The molecule has 1 aromatic rings. The van der Waals surface area contributed by atoms with E-state index in [1.165, 1.54) is 0 Å². The van der Waals surface area contributed by atoms with Crippen molar-refractivity contribution in [1.82, 2.24) is 0 Å². The first-order chi connectivity index (χ1) is 6.39. The van der Waals surface area contributed by atoms with Crippen molar-refractivity contribution < 1.29 is 4.39 Å². The quantitative estimate of drug-likeness (QED) is 0.824. The maximum Gasteiger partial charge on any atom is 0.132 e. The van der Waals surface area contributed by atoms with Gasteiger partial charge in [-0.3, -0.25) is 0 Å². The third-order valence-corrected chi connectivity index (χ3v) is 3.58. The summed E-state index contributed by atoms with van der Waals surface area (Å²) in [6, 6.07) is 3.90. The highest BCUT2D eigenvalue weighted by Gasteiger charge is 2.41. The molecule has 1 aromatic heterocycles. The first-order valence-corrected chi connectivity index (χ1v) is 5.68. The number of nitrogens with two attached hydrogens (primary N) is 1. The molecule has 3 heteroatoms. The van der Waals surface area contributed by atoms with Gasteiger partial charge in [0.2, 0.25) is 0 Å². The Bertz CT molecular complexity index is 276. The molecule has 0 spiro atoms. The van der Waals surface area contributed by atoms with E-state index >= 15 is 0 Å². The molecule has 0 aliphatic heterocycles. The highest BCUT2D eigenvalue weighted by atomic mass is 32.1. The molecule has 1 unspecified atom stereocenters. The second-order valence-electron chi connectivity index (χ2n) is 4.68. The molecule has 1 nitrogen and oxygen atoms in total. The van der Waals surface area contributed by atoms with Gasteiger partial charge in [0.25, 0.3) is 0 Å². The Balaban J connectivity index is 2.82. The van der Waals surface area contributed by atoms with Gasteiger partial charge >= 0.3 is 0 Å². The normalized spacial score (nSPS) is 16.6. The Morgan fingerprint density at radius 1 is 1.43 bits per heavy atom. The fourth-order valence-electron chi connectivity index (χ4n) is 1.33. The average Bonchev–Trinajstić information content (AvgIpc) is 2.54. The third-order valence-electron chi connectivity index (χ3n) is 2.70. The van der Waals surface area contributed by atoms with Gasteiger partial charge in [-0.15, -0.1) is 11.3 Å². The average molecular weight is 215 g/mol. The number of alkyl halides is 1. The van der Waals surface area contributed by atoms with Crippen LogP contribution >= 0.6 is 11.3 Å². The van der Waals surface area contributed by atoms with E-state index in [9.17, 15) is 4.39 Å². The monoisotopic (exact) mass is 215 g/mol. The van der Waals surface area contributed by atoms with Crippen LogP contribution in [0.4, 0.5) is 4.39 Å². The van der Waals surface area contributed by atoms with E-state index in [2.05, 4.69) is 0 Å². The lowest BCUT2D eigenvalue weighted by atomic mass is 9.75. The summed E-state index contributed by atoms with van der Waals surface area (Å²) < 4.78 is 14.5. The largest absolute Gasteiger partial charge is 0.327 e. The second kappa shape index (κ2) is 3.99. The molecule has 0 radical (unpaired) electrons. The molecule has 0 aliphatic rings. The Morgan fingerprint density at radius 3 is 2.43 bits per heavy atom. The Hall–Kier alpha value is -0.410. The third kappa shape index (κ3) is 2.34. The summed E-state index contributed by atoms with van der Waals surface area (Å²) in [6.45, 7) is 5.77. The van der Waals surface area contributed by atoms with Crippen LogP contribution in [0.15, 0.2) is 17.5 Å². The zero-order chi connectivity index (χ0) is 10.8. The van der Waals surface area contributed by atoms with Crippen molar-refractivity contribution in [2.75, 3.05) is 6.54 Å². The van der Waals surface area contributed by atoms with Crippen LogP contribution in [0.1, 0.15) is 25.6 Å². The molecule has 0 aromatic carbocycles. The molecule has 1 rings (SSSR count). The highest BCUT2D eigenvalue weighted by Crippen LogP contribution is 2.37. The SMILES string of the molecule is CC(C)(C)C(F)(CN)Cc1cccs1. The zero-order valence-electron chi connectivity index (χ0n) is 9.01. The Labute approximate surface area is 89.1 Å².